The number of hydrogen-bond donors (Lipinski definition) is 2. The van der Waals surface area contributed by atoms with Crippen LogP contribution in [0.3, 0.4) is 0 Å². The second-order valence-corrected chi connectivity index (χ2v) is 4.18. The number of aromatic nitrogens is 3. The highest BCUT2D eigenvalue weighted by molar-refractivity contribution is 7.80. The van der Waals surface area contributed by atoms with Crippen LogP contribution in [-0.2, 0) is 6.42 Å². The molecule has 3 N–H and O–H groups in total. The average Bonchev–Trinajstić information content (AvgIpc) is 2.81. The molecule has 0 bridgehead atoms. The summed E-state index contributed by atoms with van der Waals surface area (Å²) in [5.74, 6) is 1.33. The van der Waals surface area contributed by atoms with Gasteiger partial charge in [0, 0.05) is 19.2 Å². The molecule has 2 rings (SSSR count). The summed E-state index contributed by atoms with van der Waals surface area (Å²) in [4.78, 5) is 8.51. The number of thiocarbonyl (C=S) groups is 1. The minimum Gasteiger partial charge on any atom is -0.389 e. The Bertz CT molecular complexity index is 540. The van der Waals surface area contributed by atoms with Crippen LogP contribution in [0.1, 0.15) is 17.0 Å². The Balaban J connectivity index is 2.05. The molecular formula is C11H13N5OS. The molecule has 6 nitrogen and oxygen atoms in total. The quantitative estimate of drug-likeness (QED) is 0.779. The standard InChI is InChI=1S/C11H13N5OS/c1-7-2-4-13-11(9(7)10(12)18)14-5-3-8-15-6-17-16-8/h2,4,6H,3,5H2,1H3,(H2,12,18)(H,13,14). The molecule has 0 aromatic carbocycles. The van der Waals surface area contributed by atoms with E-state index in [4.69, 9.17) is 18.0 Å². The van der Waals surface area contributed by atoms with E-state index in [0.717, 1.165) is 11.1 Å². The van der Waals surface area contributed by atoms with Gasteiger partial charge in [0.25, 0.3) is 0 Å². The molecule has 18 heavy (non-hydrogen) atoms. The van der Waals surface area contributed by atoms with E-state index in [1.807, 2.05) is 13.0 Å². The van der Waals surface area contributed by atoms with Gasteiger partial charge in [-0.1, -0.05) is 17.4 Å². The van der Waals surface area contributed by atoms with Crippen LogP contribution >= 0.6 is 12.2 Å². The molecule has 94 valence electrons. The van der Waals surface area contributed by atoms with Gasteiger partial charge in [0.2, 0.25) is 6.39 Å². The summed E-state index contributed by atoms with van der Waals surface area (Å²) in [5, 5.41) is 6.90. The van der Waals surface area contributed by atoms with Gasteiger partial charge in [-0.25, -0.2) is 4.98 Å². The number of nitrogens with two attached hydrogens (primary N) is 1. The van der Waals surface area contributed by atoms with Crippen molar-refractivity contribution in [2.45, 2.75) is 13.3 Å². The van der Waals surface area contributed by atoms with Crippen molar-refractivity contribution in [3.8, 4) is 0 Å². The fourth-order valence-corrected chi connectivity index (χ4v) is 1.86. The molecule has 0 saturated carbocycles. The minimum atomic E-state index is 0.336. The van der Waals surface area contributed by atoms with Gasteiger partial charge in [0.15, 0.2) is 5.82 Å². The lowest BCUT2D eigenvalue weighted by atomic mass is 10.1. The fraction of sp³-hybridized carbons (Fsp3) is 0.273. The summed E-state index contributed by atoms with van der Waals surface area (Å²) in [6, 6.07) is 1.87. The van der Waals surface area contributed by atoms with E-state index in [-0.39, 0.29) is 0 Å². The van der Waals surface area contributed by atoms with Gasteiger partial charge in [-0.3, -0.25) is 0 Å². The van der Waals surface area contributed by atoms with Gasteiger partial charge < -0.3 is 15.6 Å². The lowest BCUT2D eigenvalue weighted by Crippen LogP contribution is -2.17. The molecule has 0 radical (unpaired) electrons. The molecule has 0 unspecified atom stereocenters. The van der Waals surface area contributed by atoms with Crippen molar-refractivity contribution in [2.75, 3.05) is 11.9 Å². The van der Waals surface area contributed by atoms with Gasteiger partial charge in [0.05, 0.1) is 5.56 Å². The first kappa shape index (κ1) is 12.4. The highest BCUT2D eigenvalue weighted by Crippen LogP contribution is 2.16. The second kappa shape index (κ2) is 5.54. The third kappa shape index (κ3) is 2.80. The molecule has 0 spiro atoms. The van der Waals surface area contributed by atoms with E-state index in [9.17, 15) is 0 Å². The maximum atomic E-state index is 5.69. The van der Waals surface area contributed by atoms with Crippen molar-refractivity contribution in [1.29, 1.82) is 0 Å². The number of nitrogens with one attached hydrogen (secondary N) is 1. The Kier molecular flexibility index (Phi) is 3.83. The molecule has 0 aliphatic carbocycles. The van der Waals surface area contributed by atoms with Crippen LogP contribution in [0.2, 0.25) is 0 Å². The highest BCUT2D eigenvalue weighted by Gasteiger charge is 2.09. The summed E-state index contributed by atoms with van der Waals surface area (Å²) >= 11 is 5.03. The second-order valence-electron chi connectivity index (χ2n) is 3.74. The maximum Gasteiger partial charge on any atom is 0.213 e. The van der Waals surface area contributed by atoms with E-state index in [1.54, 1.807) is 6.20 Å². The Morgan fingerprint density at radius 2 is 2.33 bits per heavy atom. The van der Waals surface area contributed by atoms with Crippen molar-refractivity contribution >= 4 is 23.0 Å². The normalized spacial score (nSPS) is 10.3. The number of nitrogens with zero attached hydrogens (tertiary/aromatic N) is 3. The van der Waals surface area contributed by atoms with Crippen molar-refractivity contribution in [2.24, 2.45) is 5.73 Å². The van der Waals surface area contributed by atoms with Gasteiger partial charge in [-0.05, 0) is 18.6 Å². The fourth-order valence-electron chi connectivity index (χ4n) is 1.60. The number of anilines is 1. The van der Waals surface area contributed by atoms with Crippen molar-refractivity contribution in [3.63, 3.8) is 0 Å². The zero-order chi connectivity index (χ0) is 13.0. The SMILES string of the molecule is Cc1ccnc(NCCc2ncon2)c1C(N)=S. The summed E-state index contributed by atoms with van der Waals surface area (Å²) < 4.78 is 4.65. The van der Waals surface area contributed by atoms with Gasteiger partial charge >= 0.3 is 0 Å². The first-order valence-corrected chi connectivity index (χ1v) is 5.84. The lowest BCUT2D eigenvalue weighted by molar-refractivity contribution is 0.410. The molecule has 7 heteroatoms. The molecule has 0 saturated heterocycles. The molecule has 2 aromatic rings. The third-order valence-corrected chi connectivity index (χ3v) is 2.66. The molecule has 0 aliphatic rings. The summed E-state index contributed by atoms with van der Waals surface area (Å²) in [7, 11) is 0. The molecule has 0 amide bonds. The predicted octanol–water partition coefficient (Wildman–Crippen LogP) is 1.06. The summed E-state index contributed by atoms with van der Waals surface area (Å²) in [6.07, 6.45) is 3.66. The summed E-state index contributed by atoms with van der Waals surface area (Å²) in [6.45, 7) is 2.58. The highest BCUT2D eigenvalue weighted by atomic mass is 32.1. The zero-order valence-electron chi connectivity index (χ0n) is 9.88. The number of aryl methyl sites for hydroxylation is 1. The van der Waals surface area contributed by atoms with E-state index < -0.39 is 0 Å². The predicted molar refractivity (Wildman–Crippen MR) is 71.4 cm³/mol. The maximum absolute atomic E-state index is 5.69. The molecule has 0 fully saturated rings. The Morgan fingerprint density at radius 3 is 3.00 bits per heavy atom. The van der Waals surface area contributed by atoms with Crippen LogP contribution in [0.25, 0.3) is 0 Å². The van der Waals surface area contributed by atoms with E-state index in [2.05, 4.69) is 25.0 Å². The smallest absolute Gasteiger partial charge is 0.213 e. The molecule has 0 aliphatic heterocycles. The Labute approximate surface area is 110 Å². The number of hydrogen-bond acceptors (Lipinski definition) is 6. The Morgan fingerprint density at radius 1 is 1.50 bits per heavy atom. The third-order valence-electron chi connectivity index (χ3n) is 2.45. The molecule has 2 aromatic heterocycles. The molecule has 0 atom stereocenters. The van der Waals surface area contributed by atoms with Crippen molar-refractivity contribution < 1.29 is 4.52 Å². The van der Waals surface area contributed by atoms with Gasteiger partial charge in [-0.2, -0.15) is 4.98 Å². The average molecular weight is 263 g/mol. The van der Waals surface area contributed by atoms with E-state index in [1.165, 1.54) is 6.39 Å². The first-order valence-electron chi connectivity index (χ1n) is 5.43. The Hall–Kier alpha value is -2.02. The lowest BCUT2D eigenvalue weighted by Gasteiger charge is -2.11. The van der Waals surface area contributed by atoms with Gasteiger partial charge in [0.1, 0.15) is 10.8 Å². The monoisotopic (exact) mass is 263 g/mol. The molecular weight excluding hydrogens is 250 g/mol. The van der Waals surface area contributed by atoms with Crippen LogP contribution in [-0.4, -0.2) is 26.7 Å². The minimum absolute atomic E-state index is 0.336. The van der Waals surface area contributed by atoms with Crippen molar-refractivity contribution in [3.05, 3.63) is 35.6 Å². The zero-order valence-corrected chi connectivity index (χ0v) is 10.7. The number of rotatable bonds is 5. The first-order chi connectivity index (χ1) is 8.68. The van der Waals surface area contributed by atoms with Crippen LogP contribution in [0.4, 0.5) is 5.82 Å². The van der Waals surface area contributed by atoms with E-state index in [0.29, 0.717) is 29.6 Å². The number of pyridine rings is 1. The van der Waals surface area contributed by atoms with Crippen LogP contribution < -0.4 is 11.1 Å². The largest absolute Gasteiger partial charge is 0.389 e. The topological polar surface area (TPSA) is 89.9 Å². The van der Waals surface area contributed by atoms with Crippen LogP contribution in [0, 0.1) is 6.92 Å². The molecule has 2 heterocycles. The summed E-state index contributed by atoms with van der Waals surface area (Å²) in [5.41, 5.74) is 7.47. The van der Waals surface area contributed by atoms with Crippen molar-refractivity contribution in [1.82, 2.24) is 15.1 Å². The van der Waals surface area contributed by atoms with E-state index >= 15 is 0 Å². The van der Waals surface area contributed by atoms with Crippen LogP contribution in [0.5, 0.6) is 0 Å². The van der Waals surface area contributed by atoms with Crippen LogP contribution in [0.15, 0.2) is 23.2 Å². The van der Waals surface area contributed by atoms with Gasteiger partial charge in [-0.15, -0.1) is 0 Å².